The summed E-state index contributed by atoms with van der Waals surface area (Å²) < 4.78 is 2.24. The first-order chi connectivity index (χ1) is 8.79. The van der Waals surface area contributed by atoms with Crippen LogP contribution in [0.2, 0.25) is 0 Å². The third-order valence-electron chi connectivity index (χ3n) is 3.10. The van der Waals surface area contributed by atoms with Crippen molar-refractivity contribution in [1.29, 1.82) is 0 Å². The van der Waals surface area contributed by atoms with E-state index in [9.17, 15) is 5.11 Å². The second kappa shape index (κ2) is 6.26. The van der Waals surface area contributed by atoms with Crippen molar-refractivity contribution >= 4 is 0 Å². The molecule has 0 amide bonds. The monoisotopic (exact) mass is 244 g/mol. The minimum absolute atomic E-state index is 0.326. The molecule has 0 radical (unpaired) electrons. The van der Waals surface area contributed by atoms with Gasteiger partial charge in [0.25, 0.3) is 0 Å². The number of phenols is 1. The molecule has 1 heterocycles. The Morgan fingerprint density at radius 3 is 2.67 bits per heavy atom. The van der Waals surface area contributed by atoms with Crippen LogP contribution in [-0.4, -0.2) is 16.2 Å². The molecule has 3 heteroatoms. The fourth-order valence-corrected chi connectivity index (χ4v) is 2.03. The van der Waals surface area contributed by atoms with E-state index in [2.05, 4.69) is 35.1 Å². The molecule has 0 bridgehead atoms. The molecule has 3 nitrogen and oxygen atoms in total. The third-order valence-corrected chi connectivity index (χ3v) is 3.10. The van der Waals surface area contributed by atoms with Crippen LogP contribution in [0.1, 0.15) is 18.2 Å². The highest BCUT2D eigenvalue weighted by molar-refractivity contribution is 5.26. The molecule has 2 N–H and O–H groups in total. The molecule has 0 atom stereocenters. The van der Waals surface area contributed by atoms with Crippen molar-refractivity contribution in [3.8, 4) is 5.75 Å². The van der Waals surface area contributed by atoms with Crippen molar-refractivity contribution in [2.75, 3.05) is 6.54 Å². The highest BCUT2D eigenvalue weighted by Crippen LogP contribution is 2.09. The van der Waals surface area contributed by atoms with Gasteiger partial charge in [0, 0.05) is 25.0 Å². The molecule has 0 saturated carbocycles. The molecule has 0 aliphatic heterocycles. The third kappa shape index (κ3) is 3.37. The molecular formula is C15H20N2O. The van der Waals surface area contributed by atoms with Gasteiger partial charge >= 0.3 is 0 Å². The summed E-state index contributed by atoms with van der Waals surface area (Å²) in [5.41, 5.74) is 2.56. The Labute approximate surface area is 108 Å². The Bertz CT molecular complexity index is 473. The summed E-state index contributed by atoms with van der Waals surface area (Å²) >= 11 is 0. The van der Waals surface area contributed by atoms with Gasteiger partial charge in [-0.05, 0) is 49.7 Å². The predicted molar refractivity (Wildman–Crippen MR) is 73.6 cm³/mol. The van der Waals surface area contributed by atoms with Gasteiger partial charge in [0.1, 0.15) is 5.75 Å². The molecule has 0 fully saturated rings. The zero-order chi connectivity index (χ0) is 12.8. The average molecular weight is 244 g/mol. The first-order valence-electron chi connectivity index (χ1n) is 6.42. The average Bonchev–Trinajstić information content (AvgIpc) is 2.84. The number of hydrogen-bond donors (Lipinski definition) is 2. The van der Waals surface area contributed by atoms with Gasteiger partial charge in [0.05, 0.1) is 0 Å². The van der Waals surface area contributed by atoms with Gasteiger partial charge in [-0.3, -0.25) is 0 Å². The van der Waals surface area contributed by atoms with Crippen molar-refractivity contribution in [2.24, 2.45) is 0 Å². The second-order valence-electron chi connectivity index (χ2n) is 4.38. The number of rotatable bonds is 6. The van der Waals surface area contributed by atoms with Gasteiger partial charge in [-0.15, -0.1) is 0 Å². The highest BCUT2D eigenvalue weighted by atomic mass is 16.3. The molecule has 96 valence electrons. The van der Waals surface area contributed by atoms with Crippen LogP contribution in [0.15, 0.2) is 42.6 Å². The van der Waals surface area contributed by atoms with E-state index in [1.165, 1.54) is 11.3 Å². The van der Waals surface area contributed by atoms with E-state index in [0.717, 1.165) is 26.1 Å². The van der Waals surface area contributed by atoms with Crippen molar-refractivity contribution < 1.29 is 5.11 Å². The lowest BCUT2D eigenvalue weighted by Crippen LogP contribution is -2.18. The summed E-state index contributed by atoms with van der Waals surface area (Å²) in [6.07, 6.45) is 3.09. The van der Waals surface area contributed by atoms with E-state index in [4.69, 9.17) is 0 Å². The largest absolute Gasteiger partial charge is 0.508 e. The SMILES string of the molecule is CCn1cccc1CNCCc1ccc(O)cc1. The van der Waals surface area contributed by atoms with Gasteiger partial charge in [-0.25, -0.2) is 0 Å². The van der Waals surface area contributed by atoms with Crippen LogP contribution in [0.4, 0.5) is 0 Å². The summed E-state index contributed by atoms with van der Waals surface area (Å²) in [6, 6.07) is 11.6. The number of benzene rings is 1. The number of aromatic hydroxyl groups is 1. The molecule has 0 unspecified atom stereocenters. The standard InChI is InChI=1S/C15H20N2O/c1-2-17-11-3-4-14(17)12-16-10-9-13-5-7-15(18)8-6-13/h3-8,11,16,18H,2,9-10,12H2,1H3. The first-order valence-corrected chi connectivity index (χ1v) is 6.42. The van der Waals surface area contributed by atoms with Gasteiger partial charge in [-0.2, -0.15) is 0 Å². The lowest BCUT2D eigenvalue weighted by Gasteiger charge is -2.08. The van der Waals surface area contributed by atoms with E-state index in [0.29, 0.717) is 5.75 Å². The van der Waals surface area contributed by atoms with Crippen molar-refractivity contribution in [1.82, 2.24) is 9.88 Å². The molecule has 1 aromatic heterocycles. The maximum Gasteiger partial charge on any atom is 0.115 e. The summed E-state index contributed by atoms with van der Waals surface area (Å²) in [5.74, 6) is 0.326. The molecule has 2 rings (SSSR count). The zero-order valence-corrected chi connectivity index (χ0v) is 10.8. The van der Waals surface area contributed by atoms with E-state index < -0.39 is 0 Å². The van der Waals surface area contributed by atoms with Crippen LogP contribution in [-0.2, 0) is 19.5 Å². The molecule has 0 spiro atoms. The molecule has 18 heavy (non-hydrogen) atoms. The minimum Gasteiger partial charge on any atom is -0.508 e. The lowest BCUT2D eigenvalue weighted by molar-refractivity contribution is 0.475. The number of phenolic OH excluding ortho intramolecular Hbond substituents is 1. The predicted octanol–water partition coefficient (Wildman–Crippen LogP) is 2.55. The summed E-state index contributed by atoms with van der Waals surface area (Å²) in [7, 11) is 0. The second-order valence-corrected chi connectivity index (χ2v) is 4.38. The lowest BCUT2D eigenvalue weighted by atomic mass is 10.1. The van der Waals surface area contributed by atoms with Gasteiger partial charge in [0.15, 0.2) is 0 Å². The van der Waals surface area contributed by atoms with Crippen LogP contribution in [0, 0.1) is 0 Å². The molecule has 2 aromatic rings. The molecule has 0 aliphatic carbocycles. The topological polar surface area (TPSA) is 37.2 Å². The van der Waals surface area contributed by atoms with Crippen LogP contribution in [0.5, 0.6) is 5.75 Å². The highest BCUT2D eigenvalue weighted by Gasteiger charge is 1.98. The number of aryl methyl sites for hydroxylation is 1. The molecular weight excluding hydrogens is 224 g/mol. The Balaban J connectivity index is 1.74. The Kier molecular flexibility index (Phi) is 4.42. The molecule has 0 saturated heterocycles. The van der Waals surface area contributed by atoms with E-state index >= 15 is 0 Å². The first kappa shape index (κ1) is 12.7. The normalized spacial score (nSPS) is 10.7. The van der Waals surface area contributed by atoms with Crippen molar-refractivity contribution in [3.05, 3.63) is 53.9 Å². The van der Waals surface area contributed by atoms with Crippen molar-refractivity contribution in [2.45, 2.75) is 26.4 Å². The summed E-state index contributed by atoms with van der Waals surface area (Å²) in [4.78, 5) is 0. The number of aromatic nitrogens is 1. The smallest absolute Gasteiger partial charge is 0.115 e. The number of hydrogen-bond acceptors (Lipinski definition) is 2. The van der Waals surface area contributed by atoms with Gasteiger partial charge in [0.2, 0.25) is 0 Å². The quantitative estimate of drug-likeness (QED) is 0.766. The van der Waals surface area contributed by atoms with Crippen LogP contribution >= 0.6 is 0 Å². The van der Waals surface area contributed by atoms with Crippen LogP contribution < -0.4 is 5.32 Å². The van der Waals surface area contributed by atoms with Crippen molar-refractivity contribution in [3.63, 3.8) is 0 Å². The fourth-order valence-electron chi connectivity index (χ4n) is 2.03. The Hall–Kier alpha value is -1.74. The van der Waals surface area contributed by atoms with E-state index in [-0.39, 0.29) is 0 Å². The maximum atomic E-state index is 9.19. The summed E-state index contributed by atoms with van der Waals surface area (Å²) in [6.45, 7) is 5.01. The maximum absolute atomic E-state index is 9.19. The van der Waals surface area contributed by atoms with Gasteiger partial charge in [-0.1, -0.05) is 12.1 Å². The minimum atomic E-state index is 0.326. The van der Waals surface area contributed by atoms with E-state index in [1.807, 2.05) is 12.1 Å². The Morgan fingerprint density at radius 1 is 1.17 bits per heavy atom. The number of nitrogens with zero attached hydrogens (tertiary/aromatic N) is 1. The fraction of sp³-hybridized carbons (Fsp3) is 0.333. The summed E-state index contributed by atoms with van der Waals surface area (Å²) in [5, 5.41) is 12.6. The van der Waals surface area contributed by atoms with Crippen LogP contribution in [0.3, 0.4) is 0 Å². The Morgan fingerprint density at radius 2 is 1.94 bits per heavy atom. The number of nitrogens with one attached hydrogen (secondary N) is 1. The van der Waals surface area contributed by atoms with E-state index in [1.54, 1.807) is 12.1 Å². The van der Waals surface area contributed by atoms with Crippen LogP contribution in [0.25, 0.3) is 0 Å². The zero-order valence-electron chi connectivity index (χ0n) is 10.8. The molecule has 1 aromatic carbocycles. The molecule has 0 aliphatic rings. The van der Waals surface area contributed by atoms with Gasteiger partial charge < -0.3 is 15.0 Å².